The third kappa shape index (κ3) is 4.68. The highest BCUT2D eigenvalue weighted by Crippen LogP contribution is 2.30. The minimum Gasteiger partial charge on any atom is -0.355 e. The van der Waals surface area contributed by atoms with Crippen LogP contribution in [0.3, 0.4) is 0 Å². The topological polar surface area (TPSA) is 70.1 Å². The molecule has 7 heteroatoms. The number of hydrogen-bond acceptors (Lipinski definition) is 4. The Morgan fingerprint density at radius 3 is 2.66 bits per heavy atom. The van der Waals surface area contributed by atoms with Crippen LogP contribution in [0.2, 0.25) is 0 Å². The Kier molecular flexibility index (Phi) is 5.65. The fourth-order valence-corrected chi connectivity index (χ4v) is 3.44. The van der Waals surface area contributed by atoms with Gasteiger partial charge in [-0.05, 0) is 42.7 Å². The van der Waals surface area contributed by atoms with Gasteiger partial charge in [0.2, 0.25) is 0 Å². The molecule has 1 aromatic heterocycles. The lowest BCUT2D eigenvalue weighted by atomic mass is 10.1. The summed E-state index contributed by atoms with van der Waals surface area (Å²) in [6.07, 6.45) is 5.70. The highest BCUT2D eigenvalue weighted by atomic mass is 19.1. The Bertz CT molecular complexity index is 1000. The molecule has 6 nitrogen and oxygen atoms in total. The van der Waals surface area contributed by atoms with Gasteiger partial charge in [0, 0.05) is 43.3 Å². The standard InChI is InChI=1S/C22H22FN5O/c23-18-7-3-5-16(13-18)15-26-22(29)27-19-8-4-6-17(14-19)20-21(25-10-9-24-20)28-11-1-2-12-28/h3-10,13-14H,1-2,11-12,15H2,(H2,26,27,29). The van der Waals surface area contributed by atoms with E-state index in [-0.39, 0.29) is 18.4 Å². The fourth-order valence-electron chi connectivity index (χ4n) is 3.44. The fraction of sp³-hybridized carbons (Fsp3) is 0.227. The number of carbonyl (C=O) groups excluding carboxylic acids is 1. The number of anilines is 2. The number of hydrogen-bond donors (Lipinski definition) is 2. The minimum atomic E-state index is -0.356. The molecule has 1 aliphatic rings. The first-order valence-electron chi connectivity index (χ1n) is 9.65. The van der Waals surface area contributed by atoms with Gasteiger partial charge in [-0.2, -0.15) is 0 Å². The Labute approximate surface area is 168 Å². The van der Waals surface area contributed by atoms with E-state index in [1.165, 1.54) is 12.1 Å². The van der Waals surface area contributed by atoms with E-state index in [1.807, 2.05) is 24.3 Å². The van der Waals surface area contributed by atoms with Crippen molar-refractivity contribution in [3.8, 4) is 11.3 Å². The van der Waals surface area contributed by atoms with Crippen molar-refractivity contribution in [2.75, 3.05) is 23.3 Å². The van der Waals surface area contributed by atoms with Crippen LogP contribution in [0.4, 0.5) is 20.7 Å². The molecule has 2 N–H and O–H groups in total. The zero-order valence-corrected chi connectivity index (χ0v) is 15.9. The summed E-state index contributed by atoms with van der Waals surface area (Å²) in [6.45, 7) is 2.20. The lowest BCUT2D eigenvalue weighted by Crippen LogP contribution is -2.28. The van der Waals surface area contributed by atoms with Gasteiger partial charge < -0.3 is 15.5 Å². The predicted molar refractivity (Wildman–Crippen MR) is 111 cm³/mol. The maximum atomic E-state index is 13.2. The number of nitrogens with one attached hydrogen (secondary N) is 2. The van der Waals surface area contributed by atoms with E-state index in [4.69, 9.17) is 0 Å². The largest absolute Gasteiger partial charge is 0.355 e. The number of urea groups is 1. The second kappa shape index (κ2) is 8.68. The van der Waals surface area contributed by atoms with Gasteiger partial charge in [0.05, 0.1) is 0 Å². The van der Waals surface area contributed by atoms with Crippen LogP contribution in [0.5, 0.6) is 0 Å². The molecule has 1 saturated heterocycles. The molecule has 1 aliphatic heterocycles. The van der Waals surface area contributed by atoms with E-state index < -0.39 is 0 Å². The molecular weight excluding hydrogens is 369 g/mol. The summed E-state index contributed by atoms with van der Waals surface area (Å²) >= 11 is 0. The Morgan fingerprint density at radius 2 is 1.83 bits per heavy atom. The second-order valence-corrected chi connectivity index (χ2v) is 6.94. The lowest BCUT2D eigenvalue weighted by Gasteiger charge is -2.19. The van der Waals surface area contributed by atoms with Crippen LogP contribution >= 0.6 is 0 Å². The number of carbonyl (C=O) groups is 1. The molecule has 0 unspecified atom stereocenters. The molecule has 0 aliphatic carbocycles. The zero-order chi connectivity index (χ0) is 20.1. The molecule has 2 heterocycles. The van der Waals surface area contributed by atoms with Crippen molar-refractivity contribution in [1.82, 2.24) is 15.3 Å². The molecule has 29 heavy (non-hydrogen) atoms. The molecule has 1 fully saturated rings. The van der Waals surface area contributed by atoms with Crippen molar-refractivity contribution in [2.45, 2.75) is 19.4 Å². The highest BCUT2D eigenvalue weighted by Gasteiger charge is 2.19. The summed E-state index contributed by atoms with van der Waals surface area (Å²) in [7, 11) is 0. The molecular formula is C22H22FN5O. The number of benzene rings is 2. The predicted octanol–water partition coefficient (Wildman–Crippen LogP) is 4.20. The molecule has 2 aromatic carbocycles. The number of nitrogens with zero attached hydrogens (tertiary/aromatic N) is 3. The molecule has 148 valence electrons. The monoisotopic (exact) mass is 391 g/mol. The van der Waals surface area contributed by atoms with Crippen molar-refractivity contribution in [1.29, 1.82) is 0 Å². The first kappa shape index (κ1) is 18.9. The molecule has 2 amide bonds. The van der Waals surface area contributed by atoms with Gasteiger partial charge in [-0.25, -0.2) is 14.2 Å². The van der Waals surface area contributed by atoms with E-state index in [1.54, 1.807) is 24.5 Å². The van der Waals surface area contributed by atoms with Crippen LogP contribution in [-0.2, 0) is 6.54 Å². The van der Waals surface area contributed by atoms with Gasteiger partial charge in [-0.3, -0.25) is 4.98 Å². The zero-order valence-electron chi connectivity index (χ0n) is 15.9. The number of amides is 2. The van der Waals surface area contributed by atoms with Crippen LogP contribution in [0.15, 0.2) is 60.9 Å². The van der Waals surface area contributed by atoms with E-state index in [2.05, 4.69) is 25.5 Å². The normalized spacial score (nSPS) is 13.3. The number of rotatable bonds is 5. The van der Waals surface area contributed by atoms with Crippen molar-refractivity contribution >= 4 is 17.5 Å². The van der Waals surface area contributed by atoms with Crippen LogP contribution < -0.4 is 15.5 Å². The average Bonchev–Trinajstić information content (AvgIpc) is 3.27. The van der Waals surface area contributed by atoms with Gasteiger partial charge in [0.25, 0.3) is 0 Å². The number of aromatic nitrogens is 2. The highest BCUT2D eigenvalue weighted by molar-refractivity contribution is 5.90. The molecule has 0 spiro atoms. The quantitative estimate of drug-likeness (QED) is 0.684. The van der Waals surface area contributed by atoms with Crippen LogP contribution in [0.1, 0.15) is 18.4 Å². The third-order valence-electron chi connectivity index (χ3n) is 4.82. The molecule has 0 bridgehead atoms. The van der Waals surface area contributed by atoms with E-state index in [0.29, 0.717) is 11.3 Å². The minimum absolute atomic E-state index is 0.243. The SMILES string of the molecule is O=C(NCc1cccc(F)c1)Nc1cccc(-c2nccnc2N2CCCC2)c1. The van der Waals surface area contributed by atoms with Crippen LogP contribution in [0, 0.1) is 5.82 Å². The summed E-state index contributed by atoms with van der Waals surface area (Å²) in [4.78, 5) is 23.5. The van der Waals surface area contributed by atoms with Crippen molar-refractivity contribution in [3.05, 3.63) is 72.3 Å². The average molecular weight is 391 g/mol. The van der Waals surface area contributed by atoms with E-state index in [0.717, 1.165) is 43.0 Å². The van der Waals surface area contributed by atoms with Crippen LogP contribution in [-0.4, -0.2) is 29.1 Å². The Morgan fingerprint density at radius 1 is 1.03 bits per heavy atom. The summed E-state index contributed by atoms with van der Waals surface area (Å²) in [5.74, 6) is 0.549. The van der Waals surface area contributed by atoms with Gasteiger partial charge in [0.15, 0.2) is 5.82 Å². The summed E-state index contributed by atoms with van der Waals surface area (Å²) in [5.41, 5.74) is 3.04. The first-order chi connectivity index (χ1) is 14.2. The summed E-state index contributed by atoms with van der Waals surface area (Å²) in [6, 6.07) is 13.3. The summed E-state index contributed by atoms with van der Waals surface area (Å²) < 4.78 is 13.2. The van der Waals surface area contributed by atoms with Gasteiger partial charge in [-0.15, -0.1) is 0 Å². The maximum Gasteiger partial charge on any atom is 0.319 e. The smallest absolute Gasteiger partial charge is 0.319 e. The van der Waals surface area contributed by atoms with Crippen LogP contribution in [0.25, 0.3) is 11.3 Å². The summed E-state index contributed by atoms with van der Waals surface area (Å²) in [5, 5.41) is 5.56. The van der Waals surface area contributed by atoms with Gasteiger partial charge >= 0.3 is 6.03 Å². The van der Waals surface area contributed by atoms with Gasteiger partial charge in [0.1, 0.15) is 11.5 Å². The van der Waals surface area contributed by atoms with Crippen molar-refractivity contribution in [3.63, 3.8) is 0 Å². The van der Waals surface area contributed by atoms with Crippen molar-refractivity contribution in [2.24, 2.45) is 0 Å². The van der Waals surface area contributed by atoms with E-state index in [9.17, 15) is 9.18 Å². The molecule has 0 saturated carbocycles. The molecule has 0 radical (unpaired) electrons. The molecule has 3 aromatic rings. The maximum absolute atomic E-state index is 13.2. The van der Waals surface area contributed by atoms with Crippen molar-refractivity contribution < 1.29 is 9.18 Å². The lowest BCUT2D eigenvalue weighted by molar-refractivity contribution is 0.251. The molecule has 0 atom stereocenters. The molecule has 4 rings (SSSR count). The third-order valence-corrected chi connectivity index (χ3v) is 4.82. The Hall–Kier alpha value is -3.48. The van der Waals surface area contributed by atoms with Gasteiger partial charge in [-0.1, -0.05) is 24.3 Å². The first-order valence-corrected chi connectivity index (χ1v) is 9.65. The number of halogens is 1. The Balaban J connectivity index is 1.46. The second-order valence-electron chi connectivity index (χ2n) is 6.94. The van der Waals surface area contributed by atoms with E-state index >= 15 is 0 Å².